The lowest BCUT2D eigenvalue weighted by molar-refractivity contribution is 0.276. The zero-order valence-electron chi connectivity index (χ0n) is 18.4. The number of ether oxygens (including phenoxy) is 1. The average Bonchev–Trinajstić information content (AvgIpc) is 3.38. The molecular formula is C26H28ClN3OS. The average molecular weight is 466 g/mol. The molecule has 32 heavy (non-hydrogen) atoms. The lowest BCUT2D eigenvalue weighted by Gasteiger charge is -2.26. The van der Waals surface area contributed by atoms with Gasteiger partial charge in [0.2, 0.25) is 0 Å². The summed E-state index contributed by atoms with van der Waals surface area (Å²) in [5.74, 6) is 0.927. The van der Waals surface area contributed by atoms with Crippen LogP contribution in [0.3, 0.4) is 0 Å². The van der Waals surface area contributed by atoms with Crippen molar-refractivity contribution in [3.05, 3.63) is 64.3 Å². The molecule has 4 nitrogen and oxygen atoms in total. The topological polar surface area (TPSA) is 41.1 Å². The maximum atomic E-state index is 6.11. The molecule has 0 radical (unpaired) electrons. The van der Waals surface area contributed by atoms with Crippen LogP contribution in [-0.4, -0.2) is 41.1 Å². The standard InChI is InChI=1S/C26H28ClN3OS/c1-18-29-25-16-21(6-8-26(25)32-18)31-14-4-2-3-11-30-12-9-19(10-13-30)23-17-28-24-15-20(27)5-7-22(23)24/h5-9,15-17,28H,2-4,10-14H2,1H3. The van der Waals surface area contributed by atoms with Crippen molar-refractivity contribution in [2.24, 2.45) is 0 Å². The van der Waals surface area contributed by atoms with Crippen molar-refractivity contribution in [3.63, 3.8) is 0 Å². The molecule has 0 aliphatic carbocycles. The molecule has 0 atom stereocenters. The minimum atomic E-state index is 0.767. The van der Waals surface area contributed by atoms with Crippen molar-refractivity contribution < 1.29 is 4.74 Å². The Morgan fingerprint density at radius 2 is 2.09 bits per heavy atom. The van der Waals surface area contributed by atoms with E-state index in [0.717, 1.165) is 65.9 Å². The van der Waals surface area contributed by atoms with Gasteiger partial charge in [-0.1, -0.05) is 23.7 Å². The third-order valence-corrected chi connectivity index (χ3v) is 7.32. The van der Waals surface area contributed by atoms with Crippen molar-refractivity contribution in [3.8, 4) is 5.75 Å². The van der Waals surface area contributed by atoms with Crippen LogP contribution in [0.4, 0.5) is 0 Å². The van der Waals surface area contributed by atoms with Crippen molar-refractivity contribution in [1.29, 1.82) is 0 Å². The molecule has 5 rings (SSSR count). The summed E-state index contributed by atoms with van der Waals surface area (Å²) in [6.45, 7) is 6.11. The summed E-state index contributed by atoms with van der Waals surface area (Å²) in [5, 5.41) is 3.14. The molecule has 1 N–H and O–H groups in total. The number of hydrogen-bond donors (Lipinski definition) is 1. The number of thiazole rings is 1. The van der Waals surface area contributed by atoms with E-state index in [1.807, 2.05) is 19.1 Å². The number of unbranched alkanes of at least 4 members (excludes halogenated alkanes) is 2. The zero-order chi connectivity index (χ0) is 21.9. The van der Waals surface area contributed by atoms with Crippen LogP contribution < -0.4 is 4.74 Å². The molecule has 0 spiro atoms. The highest BCUT2D eigenvalue weighted by molar-refractivity contribution is 7.18. The van der Waals surface area contributed by atoms with E-state index in [4.69, 9.17) is 16.3 Å². The van der Waals surface area contributed by atoms with Gasteiger partial charge in [0.15, 0.2) is 0 Å². The Morgan fingerprint density at radius 1 is 1.16 bits per heavy atom. The molecule has 2 aromatic heterocycles. The van der Waals surface area contributed by atoms with Crippen molar-refractivity contribution in [2.75, 3.05) is 26.2 Å². The third-order valence-electron chi connectivity index (χ3n) is 6.14. The third kappa shape index (κ3) is 4.85. The highest BCUT2D eigenvalue weighted by Gasteiger charge is 2.15. The largest absolute Gasteiger partial charge is 0.494 e. The van der Waals surface area contributed by atoms with Crippen LogP contribution in [0, 0.1) is 6.92 Å². The van der Waals surface area contributed by atoms with Crippen LogP contribution >= 0.6 is 22.9 Å². The SMILES string of the molecule is Cc1nc2cc(OCCCCCN3CC=C(c4c[nH]c5cc(Cl)ccc45)CC3)ccc2s1. The van der Waals surface area contributed by atoms with Crippen LogP contribution in [0.25, 0.3) is 26.7 Å². The molecule has 0 saturated heterocycles. The minimum absolute atomic E-state index is 0.767. The van der Waals surface area contributed by atoms with Crippen LogP contribution in [0.2, 0.25) is 5.02 Å². The van der Waals surface area contributed by atoms with Gasteiger partial charge in [0, 0.05) is 46.8 Å². The quantitative estimate of drug-likeness (QED) is 0.283. The predicted octanol–water partition coefficient (Wildman–Crippen LogP) is 7.08. The molecule has 0 amide bonds. The number of aryl methyl sites for hydroxylation is 1. The number of nitrogens with zero attached hydrogens (tertiary/aromatic N) is 2. The summed E-state index contributed by atoms with van der Waals surface area (Å²) < 4.78 is 7.17. The normalized spacial score (nSPS) is 14.9. The Morgan fingerprint density at radius 3 is 2.97 bits per heavy atom. The molecule has 0 fully saturated rings. The molecule has 0 unspecified atom stereocenters. The molecule has 0 saturated carbocycles. The summed E-state index contributed by atoms with van der Waals surface area (Å²) in [6, 6.07) is 12.3. The maximum absolute atomic E-state index is 6.11. The van der Waals surface area contributed by atoms with E-state index in [2.05, 4.69) is 51.4 Å². The summed E-state index contributed by atoms with van der Waals surface area (Å²) in [6.07, 6.45) is 9.09. The number of rotatable bonds is 8. The number of aromatic nitrogens is 2. The zero-order valence-corrected chi connectivity index (χ0v) is 19.9. The van der Waals surface area contributed by atoms with Crippen molar-refractivity contribution >= 4 is 49.6 Å². The van der Waals surface area contributed by atoms with E-state index in [1.54, 1.807) is 11.3 Å². The Balaban J connectivity index is 1.04. The first-order valence-electron chi connectivity index (χ1n) is 11.3. The van der Waals surface area contributed by atoms with Gasteiger partial charge in [-0.05, 0) is 69.0 Å². The van der Waals surface area contributed by atoms with Crippen molar-refractivity contribution in [1.82, 2.24) is 14.9 Å². The second kappa shape index (κ2) is 9.65. The number of nitrogens with one attached hydrogen (secondary N) is 1. The highest BCUT2D eigenvalue weighted by Crippen LogP contribution is 2.31. The monoisotopic (exact) mass is 465 g/mol. The Bertz CT molecular complexity index is 1260. The molecular weight excluding hydrogens is 438 g/mol. The Hall–Kier alpha value is -2.34. The summed E-state index contributed by atoms with van der Waals surface area (Å²) in [5.41, 5.74) is 4.91. The van der Waals surface area contributed by atoms with Gasteiger partial charge in [-0.25, -0.2) is 4.98 Å². The second-order valence-corrected chi connectivity index (χ2v) is 10.1. The Labute approximate surface area is 197 Å². The molecule has 0 bridgehead atoms. The molecule has 1 aliphatic heterocycles. The van der Waals surface area contributed by atoms with E-state index in [1.165, 1.54) is 34.1 Å². The molecule has 3 heterocycles. The number of aromatic amines is 1. The molecule has 2 aromatic carbocycles. The lowest BCUT2D eigenvalue weighted by atomic mass is 9.99. The van der Waals surface area contributed by atoms with Crippen LogP contribution in [-0.2, 0) is 0 Å². The fraction of sp³-hybridized carbons (Fsp3) is 0.346. The van der Waals surface area contributed by atoms with Gasteiger partial charge in [0.25, 0.3) is 0 Å². The van der Waals surface area contributed by atoms with Gasteiger partial charge < -0.3 is 9.72 Å². The van der Waals surface area contributed by atoms with Crippen LogP contribution in [0.15, 0.2) is 48.7 Å². The molecule has 166 valence electrons. The van der Waals surface area contributed by atoms with E-state index in [9.17, 15) is 0 Å². The fourth-order valence-electron chi connectivity index (χ4n) is 4.44. The summed E-state index contributed by atoms with van der Waals surface area (Å²) >= 11 is 7.84. The van der Waals surface area contributed by atoms with Crippen molar-refractivity contribution in [2.45, 2.75) is 32.6 Å². The van der Waals surface area contributed by atoms with Gasteiger partial charge in [0.1, 0.15) is 5.75 Å². The van der Waals surface area contributed by atoms with Gasteiger partial charge in [0.05, 0.1) is 21.8 Å². The molecule has 6 heteroatoms. The van der Waals surface area contributed by atoms with Crippen LogP contribution in [0.5, 0.6) is 5.75 Å². The summed E-state index contributed by atoms with van der Waals surface area (Å²) in [4.78, 5) is 10.5. The predicted molar refractivity (Wildman–Crippen MR) is 136 cm³/mol. The fourth-order valence-corrected chi connectivity index (χ4v) is 5.42. The van der Waals surface area contributed by atoms with Gasteiger partial charge >= 0.3 is 0 Å². The van der Waals surface area contributed by atoms with Gasteiger partial charge in [-0.3, -0.25) is 4.90 Å². The highest BCUT2D eigenvalue weighted by atomic mass is 35.5. The van der Waals surface area contributed by atoms with E-state index in [-0.39, 0.29) is 0 Å². The first-order valence-corrected chi connectivity index (χ1v) is 12.5. The smallest absolute Gasteiger partial charge is 0.121 e. The second-order valence-electron chi connectivity index (χ2n) is 8.44. The van der Waals surface area contributed by atoms with Gasteiger partial charge in [-0.15, -0.1) is 11.3 Å². The molecule has 4 aromatic rings. The van der Waals surface area contributed by atoms with Crippen LogP contribution in [0.1, 0.15) is 36.3 Å². The lowest BCUT2D eigenvalue weighted by Crippen LogP contribution is -2.29. The van der Waals surface area contributed by atoms with E-state index in [0.29, 0.717) is 0 Å². The maximum Gasteiger partial charge on any atom is 0.121 e. The summed E-state index contributed by atoms with van der Waals surface area (Å²) in [7, 11) is 0. The van der Waals surface area contributed by atoms with E-state index < -0.39 is 0 Å². The first-order chi connectivity index (χ1) is 15.7. The van der Waals surface area contributed by atoms with Gasteiger partial charge in [-0.2, -0.15) is 0 Å². The number of H-pyrrole nitrogens is 1. The number of halogens is 1. The molecule has 1 aliphatic rings. The number of benzene rings is 2. The number of hydrogen-bond acceptors (Lipinski definition) is 4. The Kier molecular flexibility index (Phi) is 6.49. The van der Waals surface area contributed by atoms with E-state index >= 15 is 0 Å². The minimum Gasteiger partial charge on any atom is -0.494 e. The number of fused-ring (bicyclic) bond motifs is 2. The first kappa shape index (κ1) is 21.5.